The molecule has 0 bridgehead atoms. The van der Waals surface area contributed by atoms with Gasteiger partial charge in [0.05, 0.1) is 11.3 Å². The van der Waals surface area contributed by atoms with E-state index in [9.17, 15) is 17.6 Å². The lowest BCUT2D eigenvalue weighted by atomic mass is 10.2. The second-order valence-corrected chi connectivity index (χ2v) is 4.73. The molecule has 0 amide bonds. The first-order valence-corrected chi connectivity index (χ1v) is 6.08. The van der Waals surface area contributed by atoms with Crippen LogP contribution in [0, 0.1) is 5.82 Å². The van der Waals surface area contributed by atoms with E-state index in [4.69, 9.17) is 10.3 Å². The Hall–Kier alpha value is -1.67. The molecule has 0 spiro atoms. The molecule has 0 aliphatic carbocycles. The van der Waals surface area contributed by atoms with Crippen molar-refractivity contribution in [2.24, 2.45) is 0 Å². The van der Waals surface area contributed by atoms with Gasteiger partial charge in [0.1, 0.15) is 18.2 Å². The molecule has 0 radical (unpaired) electrons. The van der Waals surface area contributed by atoms with Gasteiger partial charge in [0, 0.05) is 0 Å². The zero-order chi connectivity index (χ0) is 13.1. The molecule has 0 saturated carbocycles. The second kappa shape index (κ2) is 5.11. The molecular weight excluding hydrogens is 253 g/mol. The van der Waals surface area contributed by atoms with Crippen molar-refractivity contribution in [3.8, 4) is 0 Å². The third kappa shape index (κ3) is 4.37. The van der Waals surface area contributed by atoms with Crippen LogP contribution in [0.3, 0.4) is 0 Å². The number of hydrogen-bond donors (Lipinski definition) is 2. The first kappa shape index (κ1) is 13.4. The number of nitrogens with two attached hydrogens (primary N) is 1. The lowest BCUT2D eigenvalue weighted by Crippen LogP contribution is -2.15. The van der Waals surface area contributed by atoms with Crippen LogP contribution in [0.5, 0.6) is 0 Å². The fourth-order valence-corrected chi connectivity index (χ4v) is 1.29. The zero-order valence-corrected chi connectivity index (χ0v) is 9.41. The Balaban J connectivity index is 2.61. The van der Waals surface area contributed by atoms with E-state index in [0.717, 1.165) is 18.2 Å². The maximum atomic E-state index is 12.8. The van der Waals surface area contributed by atoms with Gasteiger partial charge in [0.2, 0.25) is 0 Å². The maximum absolute atomic E-state index is 12.8. The fourth-order valence-electron chi connectivity index (χ4n) is 0.994. The molecule has 1 aromatic carbocycles. The first-order valence-electron chi connectivity index (χ1n) is 4.47. The Morgan fingerprint density at radius 3 is 2.65 bits per heavy atom. The molecule has 0 aromatic heterocycles. The van der Waals surface area contributed by atoms with Gasteiger partial charge in [0.25, 0.3) is 10.1 Å². The molecule has 1 rings (SSSR count). The molecule has 0 aliphatic rings. The summed E-state index contributed by atoms with van der Waals surface area (Å²) in [5, 5.41) is 0. The van der Waals surface area contributed by atoms with E-state index in [1.807, 2.05) is 0 Å². The summed E-state index contributed by atoms with van der Waals surface area (Å²) in [4.78, 5) is 11.3. The van der Waals surface area contributed by atoms with E-state index >= 15 is 0 Å². The molecule has 17 heavy (non-hydrogen) atoms. The molecule has 0 aliphatic heterocycles. The number of halogens is 1. The van der Waals surface area contributed by atoms with Crippen LogP contribution in [0.15, 0.2) is 18.2 Å². The standard InChI is InChI=1S/C9H10FNO5S/c10-7-2-1-6(5-8(7)11)9(12)16-3-4-17(13,14)15/h1-2,5H,3-4,11H2,(H,13,14,15). The van der Waals surface area contributed by atoms with Crippen molar-refractivity contribution in [3.05, 3.63) is 29.6 Å². The summed E-state index contributed by atoms with van der Waals surface area (Å²) >= 11 is 0. The zero-order valence-electron chi connectivity index (χ0n) is 8.59. The highest BCUT2D eigenvalue weighted by atomic mass is 32.2. The van der Waals surface area contributed by atoms with Crippen LogP contribution >= 0.6 is 0 Å². The van der Waals surface area contributed by atoms with E-state index in [0.29, 0.717) is 0 Å². The summed E-state index contributed by atoms with van der Waals surface area (Å²) in [7, 11) is -4.18. The Kier molecular flexibility index (Phi) is 4.02. The van der Waals surface area contributed by atoms with E-state index < -0.39 is 34.3 Å². The van der Waals surface area contributed by atoms with Gasteiger partial charge in [-0.3, -0.25) is 4.55 Å². The van der Waals surface area contributed by atoms with Gasteiger partial charge in [-0.15, -0.1) is 0 Å². The summed E-state index contributed by atoms with van der Waals surface area (Å²) in [6.07, 6.45) is 0. The Morgan fingerprint density at radius 1 is 1.47 bits per heavy atom. The average Bonchev–Trinajstić information content (AvgIpc) is 2.20. The first-order chi connectivity index (χ1) is 7.79. The van der Waals surface area contributed by atoms with Crippen molar-refractivity contribution < 1.29 is 26.9 Å². The Labute approximate surface area is 96.9 Å². The van der Waals surface area contributed by atoms with E-state index in [1.54, 1.807) is 0 Å². The number of anilines is 1. The molecule has 0 fully saturated rings. The van der Waals surface area contributed by atoms with Crippen LogP contribution in [-0.4, -0.2) is 31.3 Å². The lowest BCUT2D eigenvalue weighted by Gasteiger charge is -2.04. The molecule has 0 heterocycles. The number of hydrogen-bond acceptors (Lipinski definition) is 5. The summed E-state index contributed by atoms with van der Waals surface area (Å²) in [6.45, 7) is -0.491. The molecule has 1 aromatic rings. The SMILES string of the molecule is Nc1cc(C(=O)OCCS(=O)(=O)O)ccc1F. The number of esters is 1. The number of carbonyl (C=O) groups excluding carboxylic acids is 1. The van der Waals surface area contributed by atoms with Crippen molar-refractivity contribution in [2.45, 2.75) is 0 Å². The summed E-state index contributed by atoms with van der Waals surface area (Å²) in [5.74, 6) is -2.21. The number of carbonyl (C=O) groups is 1. The summed E-state index contributed by atoms with van der Waals surface area (Å²) < 4.78 is 46.4. The number of ether oxygens (including phenoxy) is 1. The van der Waals surface area contributed by atoms with Gasteiger partial charge in [-0.05, 0) is 18.2 Å². The topological polar surface area (TPSA) is 107 Å². The number of rotatable bonds is 4. The minimum absolute atomic E-state index is 0.000706. The van der Waals surface area contributed by atoms with Crippen molar-refractivity contribution in [1.29, 1.82) is 0 Å². The van der Waals surface area contributed by atoms with Gasteiger partial charge >= 0.3 is 5.97 Å². The van der Waals surface area contributed by atoms with Crippen LogP contribution in [0.1, 0.15) is 10.4 Å². The van der Waals surface area contributed by atoms with Crippen molar-refractivity contribution in [1.82, 2.24) is 0 Å². The lowest BCUT2D eigenvalue weighted by molar-refractivity contribution is 0.0528. The third-order valence-electron chi connectivity index (χ3n) is 1.81. The highest BCUT2D eigenvalue weighted by molar-refractivity contribution is 7.85. The molecule has 3 N–H and O–H groups in total. The monoisotopic (exact) mass is 263 g/mol. The van der Waals surface area contributed by atoms with Crippen molar-refractivity contribution >= 4 is 21.8 Å². The van der Waals surface area contributed by atoms with Gasteiger partial charge in [0.15, 0.2) is 0 Å². The van der Waals surface area contributed by atoms with Gasteiger partial charge in [-0.2, -0.15) is 8.42 Å². The molecule has 8 heteroatoms. The predicted molar refractivity (Wildman–Crippen MR) is 57.5 cm³/mol. The fraction of sp³-hybridized carbons (Fsp3) is 0.222. The highest BCUT2D eigenvalue weighted by Gasteiger charge is 2.11. The molecular formula is C9H10FNO5S. The molecule has 0 saturated heterocycles. The smallest absolute Gasteiger partial charge is 0.338 e. The average molecular weight is 263 g/mol. The van der Waals surface area contributed by atoms with Crippen LogP contribution in [0.2, 0.25) is 0 Å². The molecule has 0 unspecified atom stereocenters. The molecule has 6 nitrogen and oxygen atoms in total. The molecule has 94 valence electrons. The van der Waals surface area contributed by atoms with E-state index in [2.05, 4.69) is 4.74 Å². The van der Waals surface area contributed by atoms with Crippen LogP contribution < -0.4 is 5.73 Å². The van der Waals surface area contributed by atoms with Gasteiger partial charge in [-0.25, -0.2) is 9.18 Å². The van der Waals surface area contributed by atoms with Gasteiger partial charge in [-0.1, -0.05) is 0 Å². The van der Waals surface area contributed by atoms with E-state index in [-0.39, 0.29) is 11.3 Å². The second-order valence-electron chi connectivity index (χ2n) is 3.16. The normalized spacial score (nSPS) is 11.2. The van der Waals surface area contributed by atoms with Crippen LogP contribution in [-0.2, 0) is 14.9 Å². The van der Waals surface area contributed by atoms with Crippen LogP contribution in [0.25, 0.3) is 0 Å². The summed E-state index contributed by atoms with van der Waals surface area (Å²) in [6, 6.07) is 3.22. The quantitative estimate of drug-likeness (QED) is 0.464. The Morgan fingerprint density at radius 2 is 2.12 bits per heavy atom. The third-order valence-corrected chi connectivity index (χ3v) is 2.49. The predicted octanol–water partition coefficient (Wildman–Crippen LogP) is 0.452. The minimum atomic E-state index is -4.18. The number of nitrogen functional groups attached to an aromatic ring is 1. The highest BCUT2D eigenvalue weighted by Crippen LogP contribution is 2.13. The Bertz CT molecular complexity index is 528. The van der Waals surface area contributed by atoms with Gasteiger partial charge < -0.3 is 10.5 Å². The molecule has 0 atom stereocenters. The largest absolute Gasteiger partial charge is 0.461 e. The van der Waals surface area contributed by atoms with E-state index in [1.165, 1.54) is 0 Å². The minimum Gasteiger partial charge on any atom is -0.461 e. The van der Waals surface area contributed by atoms with Crippen molar-refractivity contribution in [3.63, 3.8) is 0 Å². The summed E-state index contributed by atoms with van der Waals surface area (Å²) in [5.41, 5.74) is 5.02. The maximum Gasteiger partial charge on any atom is 0.338 e. The van der Waals surface area contributed by atoms with Crippen LogP contribution in [0.4, 0.5) is 10.1 Å². The van der Waals surface area contributed by atoms with Crippen molar-refractivity contribution in [2.75, 3.05) is 18.1 Å². The number of benzene rings is 1.